The lowest BCUT2D eigenvalue weighted by atomic mass is 10.2. The number of rotatable bonds is 3. The number of nitrogens with zero attached hydrogens (tertiary/aromatic N) is 1. The van der Waals surface area contributed by atoms with E-state index in [1.807, 2.05) is 58.2 Å². The molecule has 0 radical (unpaired) electrons. The van der Waals surface area contributed by atoms with Gasteiger partial charge >= 0.3 is 6.09 Å². The van der Waals surface area contributed by atoms with Gasteiger partial charge in [-0.25, -0.2) is 15.2 Å². The Kier molecular flexibility index (Phi) is 4.47. The highest BCUT2D eigenvalue weighted by Gasteiger charge is 2.15. The number of amides is 1. The van der Waals surface area contributed by atoms with Gasteiger partial charge in [0.25, 0.3) is 0 Å². The van der Waals surface area contributed by atoms with E-state index in [2.05, 4.69) is 15.8 Å². The molecular weight excluding hydrogens is 286 g/mol. The maximum Gasteiger partial charge on any atom is 0.426 e. The molecule has 1 amide bonds. The predicted molar refractivity (Wildman–Crippen MR) is 85.3 cm³/mol. The summed E-state index contributed by atoms with van der Waals surface area (Å²) in [6.45, 7) is 7.43. The molecular formula is C15H19N3O2S. The number of aryl methyl sites for hydroxylation is 1. The summed E-state index contributed by atoms with van der Waals surface area (Å²) in [7, 11) is 0. The smallest absolute Gasteiger partial charge is 0.426 e. The lowest BCUT2D eigenvalue weighted by Crippen LogP contribution is -2.35. The molecule has 0 spiro atoms. The largest absolute Gasteiger partial charge is 0.443 e. The Bertz CT molecular complexity index is 632. The van der Waals surface area contributed by atoms with E-state index in [-0.39, 0.29) is 0 Å². The molecule has 2 aromatic rings. The quantitative estimate of drug-likeness (QED) is 0.842. The van der Waals surface area contributed by atoms with Crippen molar-refractivity contribution in [3.05, 3.63) is 35.5 Å². The van der Waals surface area contributed by atoms with Gasteiger partial charge in [0.1, 0.15) is 5.60 Å². The Morgan fingerprint density at radius 2 is 2.10 bits per heavy atom. The van der Waals surface area contributed by atoms with Crippen LogP contribution in [0, 0.1) is 6.92 Å². The number of hydrazine groups is 1. The van der Waals surface area contributed by atoms with Gasteiger partial charge in [-0.15, -0.1) is 11.3 Å². The molecule has 0 fully saturated rings. The highest BCUT2D eigenvalue weighted by Crippen LogP contribution is 2.27. The van der Waals surface area contributed by atoms with Crippen LogP contribution in [0.5, 0.6) is 0 Å². The molecule has 21 heavy (non-hydrogen) atoms. The first-order chi connectivity index (χ1) is 9.83. The Morgan fingerprint density at radius 3 is 2.71 bits per heavy atom. The minimum atomic E-state index is -0.520. The number of hydrogen-bond donors (Lipinski definition) is 2. The molecule has 1 aromatic heterocycles. The molecule has 0 unspecified atom stereocenters. The molecule has 0 atom stereocenters. The molecule has 5 nitrogen and oxygen atoms in total. The number of thiazole rings is 1. The molecule has 0 aliphatic carbocycles. The zero-order valence-corrected chi connectivity index (χ0v) is 13.4. The average molecular weight is 305 g/mol. The first-order valence-corrected chi connectivity index (χ1v) is 7.43. The van der Waals surface area contributed by atoms with Gasteiger partial charge in [-0.05, 0) is 45.4 Å². The summed E-state index contributed by atoms with van der Waals surface area (Å²) < 4.78 is 5.16. The number of carbonyl (C=O) groups is 1. The van der Waals surface area contributed by atoms with E-state index in [9.17, 15) is 4.79 Å². The van der Waals surface area contributed by atoms with Crippen molar-refractivity contribution in [2.24, 2.45) is 0 Å². The molecule has 2 N–H and O–H groups in total. The molecule has 6 heteroatoms. The van der Waals surface area contributed by atoms with E-state index in [0.717, 1.165) is 21.1 Å². The zero-order valence-electron chi connectivity index (χ0n) is 12.6. The fraction of sp³-hybridized carbons (Fsp3) is 0.333. The summed E-state index contributed by atoms with van der Waals surface area (Å²) in [4.78, 5) is 16.9. The Morgan fingerprint density at radius 1 is 1.33 bits per heavy atom. The maximum absolute atomic E-state index is 11.6. The standard InChI is InChI=1S/C15H19N3O2S/c1-10-16-9-13(21-10)11-6-5-7-12(8-11)17-18-14(19)20-15(2,3)4/h5-9,17H,1-4H3,(H,18,19). The van der Waals surface area contributed by atoms with Gasteiger partial charge in [0, 0.05) is 6.20 Å². The summed E-state index contributed by atoms with van der Waals surface area (Å²) in [5.74, 6) is 0. The van der Waals surface area contributed by atoms with Crippen LogP contribution in [0.25, 0.3) is 10.4 Å². The monoisotopic (exact) mass is 305 g/mol. The van der Waals surface area contributed by atoms with Crippen LogP contribution < -0.4 is 10.9 Å². The molecule has 0 aliphatic heterocycles. The summed E-state index contributed by atoms with van der Waals surface area (Å²) in [5, 5.41) is 1.02. The van der Waals surface area contributed by atoms with Crippen molar-refractivity contribution in [2.75, 3.05) is 5.43 Å². The second-order valence-corrected chi connectivity index (χ2v) is 6.81. The molecule has 1 aromatic carbocycles. The van der Waals surface area contributed by atoms with Gasteiger partial charge in [0.05, 0.1) is 15.6 Å². The first kappa shape index (κ1) is 15.3. The maximum atomic E-state index is 11.6. The lowest BCUT2D eigenvalue weighted by molar-refractivity contribution is 0.0541. The number of hydrogen-bond acceptors (Lipinski definition) is 5. The average Bonchev–Trinajstić information content (AvgIpc) is 2.82. The van der Waals surface area contributed by atoms with E-state index in [1.165, 1.54) is 0 Å². The second kappa shape index (κ2) is 6.13. The highest BCUT2D eigenvalue weighted by atomic mass is 32.1. The minimum absolute atomic E-state index is 0.512. The molecule has 0 aliphatic rings. The van der Waals surface area contributed by atoms with Crippen molar-refractivity contribution < 1.29 is 9.53 Å². The van der Waals surface area contributed by atoms with Crippen molar-refractivity contribution in [3.8, 4) is 10.4 Å². The van der Waals surface area contributed by atoms with E-state index in [4.69, 9.17) is 4.74 Å². The van der Waals surface area contributed by atoms with Gasteiger partial charge in [-0.1, -0.05) is 12.1 Å². The summed E-state index contributed by atoms with van der Waals surface area (Å²) >= 11 is 1.63. The fourth-order valence-corrected chi connectivity index (χ4v) is 2.45. The molecule has 112 valence electrons. The van der Waals surface area contributed by atoms with Crippen LogP contribution in [0.2, 0.25) is 0 Å². The SMILES string of the molecule is Cc1ncc(-c2cccc(NNC(=O)OC(C)(C)C)c2)s1. The normalized spacial score (nSPS) is 11.0. The van der Waals surface area contributed by atoms with Crippen LogP contribution in [-0.2, 0) is 4.74 Å². The summed E-state index contributed by atoms with van der Waals surface area (Å²) in [5.41, 5.74) is 6.67. The number of anilines is 1. The van der Waals surface area contributed by atoms with Crippen LogP contribution in [0.1, 0.15) is 25.8 Å². The third kappa shape index (κ3) is 4.75. The van der Waals surface area contributed by atoms with Crippen molar-refractivity contribution in [1.29, 1.82) is 0 Å². The van der Waals surface area contributed by atoms with Crippen molar-refractivity contribution in [3.63, 3.8) is 0 Å². The number of ether oxygens (including phenoxy) is 1. The van der Waals surface area contributed by atoms with Crippen LogP contribution in [0.15, 0.2) is 30.5 Å². The Balaban J connectivity index is 2.00. The van der Waals surface area contributed by atoms with Crippen molar-refractivity contribution >= 4 is 23.1 Å². The fourth-order valence-electron chi connectivity index (χ4n) is 1.67. The summed E-state index contributed by atoms with van der Waals surface area (Å²) in [6.07, 6.45) is 1.34. The van der Waals surface area contributed by atoms with Gasteiger partial charge in [0.2, 0.25) is 0 Å². The van der Waals surface area contributed by atoms with E-state index in [0.29, 0.717) is 0 Å². The molecule has 2 rings (SSSR count). The third-order valence-electron chi connectivity index (χ3n) is 2.48. The van der Waals surface area contributed by atoms with Crippen molar-refractivity contribution in [1.82, 2.24) is 10.4 Å². The molecule has 0 saturated heterocycles. The number of nitrogens with one attached hydrogen (secondary N) is 2. The van der Waals surface area contributed by atoms with Crippen LogP contribution in [-0.4, -0.2) is 16.7 Å². The van der Waals surface area contributed by atoms with Gasteiger partial charge < -0.3 is 4.74 Å². The molecule has 0 saturated carbocycles. The van der Waals surface area contributed by atoms with Crippen LogP contribution in [0.3, 0.4) is 0 Å². The Labute approximate surface area is 128 Å². The second-order valence-electron chi connectivity index (χ2n) is 5.58. The first-order valence-electron chi connectivity index (χ1n) is 6.61. The van der Waals surface area contributed by atoms with Gasteiger partial charge in [-0.3, -0.25) is 5.43 Å². The lowest BCUT2D eigenvalue weighted by Gasteiger charge is -2.20. The number of aromatic nitrogens is 1. The van der Waals surface area contributed by atoms with Gasteiger partial charge in [0.15, 0.2) is 0 Å². The zero-order chi connectivity index (χ0) is 15.5. The highest BCUT2D eigenvalue weighted by molar-refractivity contribution is 7.15. The Hall–Kier alpha value is -2.08. The van der Waals surface area contributed by atoms with Gasteiger partial charge in [-0.2, -0.15) is 0 Å². The van der Waals surface area contributed by atoms with E-state index in [1.54, 1.807) is 11.3 Å². The summed E-state index contributed by atoms with van der Waals surface area (Å²) in [6, 6.07) is 7.74. The predicted octanol–water partition coefficient (Wildman–Crippen LogP) is 3.97. The van der Waals surface area contributed by atoms with E-state index >= 15 is 0 Å². The third-order valence-corrected chi connectivity index (χ3v) is 3.44. The minimum Gasteiger partial charge on any atom is -0.443 e. The topological polar surface area (TPSA) is 63.2 Å². The molecule has 1 heterocycles. The molecule has 0 bridgehead atoms. The number of carbonyl (C=O) groups excluding carboxylic acids is 1. The van der Waals surface area contributed by atoms with Crippen LogP contribution in [0.4, 0.5) is 10.5 Å². The number of benzene rings is 1. The van der Waals surface area contributed by atoms with E-state index < -0.39 is 11.7 Å². The van der Waals surface area contributed by atoms with Crippen molar-refractivity contribution in [2.45, 2.75) is 33.3 Å². The van der Waals surface area contributed by atoms with Crippen LogP contribution >= 0.6 is 11.3 Å².